The number of aliphatic hydroxyl groups is 1. The van der Waals surface area contributed by atoms with Crippen molar-refractivity contribution < 1.29 is 14.3 Å². The molecule has 2 aromatic rings. The third-order valence-electron chi connectivity index (χ3n) is 3.29. The molecule has 1 unspecified atom stereocenters. The van der Waals surface area contributed by atoms with Gasteiger partial charge in [0, 0.05) is 6.20 Å². The molecule has 1 amide bonds. The summed E-state index contributed by atoms with van der Waals surface area (Å²) in [5, 5.41) is 12.0. The maximum Gasteiger partial charge on any atom is 0.230 e. The predicted molar refractivity (Wildman–Crippen MR) is 77.0 cm³/mol. The molecule has 0 aliphatic rings. The molecule has 1 atom stereocenters. The van der Waals surface area contributed by atoms with Gasteiger partial charge in [0.15, 0.2) is 0 Å². The van der Waals surface area contributed by atoms with Crippen molar-refractivity contribution in [3.63, 3.8) is 0 Å². The molecule has 1 aromatic heterocycles. The molecule has 0 saturated carbocycles. The SMILES string of the molecule is Cc1ccnc(CNC(=O)C(CO)c2ccccc2)c1F. The molecule has 2 N–H and O–H groups in total. The third kappa shape index (κ3) is 3.64. The number of carbonyl (C=O) groups is 1. The Morgan fingerprint density at radius 3 is 2.71 bits per heavy atom. The van der Waals surface area contributed by atoms with Gasteiger partial charge in [-0.15, -0.1) is 0 Å². The van der Waals surface area contributed by atoms with Gasteiger partial charge in [0.25, 0.3) is 0 Å². The molecule has 0 aliphatic heterocycles. The van der Waals surface area contributed by atoms with Gasteiger partial charge in [0.05, 0.1) is 24.8 Å². The Morgan fingerprint density at radius 1 is 1.33 bits per heavy atom. The van der Waals surface area contributed by atoms with E-state index in [1.54, 1.807) is 37.3 Å². The van der Waals surface area contributed by atoms with Crippen molar-refractivity contribution >= 4 is 5.91 Å². The summed E-state index contributed by atoms with van der Waals surface area (Å²) in [5.41, 5.74) is 1.39. The maximum atomic E-state index is 13.8. The number of hydrogen-bond donors (Lipinski definition) is 2. The highest BCUT2D eigenvalue weighted by atomic mass is 19.1. The van der Waals surface area contributed by atoms with E-state index in [-0.39, 0.29) is 24.8 Å². The maximum absolute atomic E-state index is 13.8. The van der Waals surface area contributed by atoms with Crippen LogP contribution in [0.4, 0.5) is 4.39 Å². The van der Waals surface area contributed by atoms with Crippen molar-refractivity contribution in [3.8, 4) is 0 Å². The van der Waals surface area contributed by atoms with E-state index in [0.29, 0.717) is 5.56 Å². The Morgan fingerprint density at radius 2 is 2.05 bits per heavy atom. The second-order valence-corrected chi connectivity index (χ2v) is 4.75. The molecule has 110 valence electrons. The van der Waals surface area contributed by atoms with Crippen molar-refractivity contribution in [1.29, 1.82) is 0 Å². The normalized spacial score (nSPS) is 12.0. The van der Waals surface area contributed by atoms with Gasteiger partial charge in [-0.3, -0.25) is 9.78 Å². The third-order valence-corrected chi connectivity index (χ3v) is 3.29. The fourth-order valence-electron chi connectivity index (χ4n) is 2.04. The number of aliphatic hydroxyl groups excluding tert-OH is 1. The zero-order valence-corrected chi connectivity index (χ0v) is 11.7. The van der Waals surface area contributed by atoms with Gasteiger partial charge >= 0.3 is 0 Å². The van der Waals surface area contributed by atoms with Crippen LogP contribution in [0.15, 0.2) is 42.6 Å². The minimum atomic E-state index is -0.668. The van der Waals surface area contributed by atoms with Crippen LogP contribution in [-0.4, -0.2) is 22.6 Å². The number of aromatic nitrogens is 1. The van der Waals surface area contributed by atoms with Crippen LogP contribution < -0.4 is 5.32 Å². The number of carbonyl (C=O) groups excluding carboxylic acids is 1. The second kappa shape index (κ2) is 6.95. The molecule has 0 fully saturated rings. The molecule has 4 nitrogen and oxygen atoms in total. The number of rotatable bonds is 5. The van der Waals surface area contributed by atoms with E-state index in [4.69, 9.17) is 0 Å². The standard InChI is InChI=1S/C16H17FN2O2/c1-11-7-8-18-14(15(11)17)9-19-16(21)13(10-20)12-5-3-2-4-6-12/h2-8,13,20H,9-10H2,1H3,(H,19,21). The van der Waals surface area contributed by atoms with E-state index in [0.717, 1.165) is 5.56 Å². The van der Waals surface area contributed by atoms with E-state index in [1.165, 1.54) is 6.20 Å². The van der Waals surface area contributed by atoms with Crippen molar-refractivity contribution in [2.45, 2.75) is 19.4 Å². The lowest BCUT2D eigenvalue weighted by atomic mass is 9.99. The molecular weight excluding hydrogens is 271 g/mol. The van der Waals surface area contributed by atoms with Gasteiger partial charge in [-0.2, -0.15) is 0 Å². The van der Waals surface area contributed by atoms with Gasteiger partial charge in [0.1, 0.15) is 5.82 Å². The van der Waals surface area contributed by atoms with E-state index in [9.17, 15) is 14.3 Å². The minimum Gasteiger partial charge on any atom is -0.395 e. The van der Waals surface area contributed by atoms with E-state index in [2.05, 4.69) is 10.3 Å². The van der Waals surface area contributed by atoms with Crippen molar-refractivity contribution in [3.05, 3.63) is 65.2 Å². The summed E-state index contributed by atoms with van der Waals surface area (Å²) in [7, 11) is 0. The molecule has 5 heteroatoms. The highest BCUT2D eigenvalue weighted by Gasteiger charge is 2.19. The average Bonchev–Trinajstić information content (AvgIpc) is 2.50. The summed E-state index contributed by atoms with van der Waals surface area (Å²) in [5.74, 6) is -1.44. The lowest BCUT2D eigenvalue weighted by Gasteiger charge is -2.15. The zero-order chi connectivity index (χ0) is 15.2. The Bertz CT molecular complexity index is 617. The molecule has 0 bridgehead atoms. The molecule has 1 aromatic carbocycles. The first kappa shape index (κ1) is 15.1. The highest BCUT2D eigenvalue weighted by molar-refractivity contribution is 5.83. The number of aryl methyl sites for hydroxylation is 1. The number of benzene rings is 1. The van der Waals surface area contributed by atoms with Crippen LogP contribution in [0.2, 0.25) is 0 Å². The first-order valence-electron chi connectivity index (χ1n) is 6.67. The Hall–Kier alpha value is -2.27. The smallest absolute Gasteiger partial charge is 0.230 e. The molecule has 0 aliphatic carbocycles. The number of halogens is 1. The summed E-state index contributed by atoms with van der Waals surface area (Å²) in [6, 6.07) is 10.5. The summed E-state index contributed by atoms with van der Waals surface area (Å²) in [6.45, 7) is 1.33. The predicted octanol–water partition coefficient (Wildman–Crippen LogP) is 1.92. The fourth-order valence-corrected chi connectivity index (χ4v) is 2.04. The van der Waals surface area contributed by atoms with Crippen LogP contribution in [0.25, 0.3) is 0 Å². The van der Waals surface area contributed by atoms with Crippen molar-refractivity contribution in [1.82, 2.24) is 10.3 Å². The van der Waals surface area contributed by atoms with Gasteiger partial charge in [-0.1, -0.05) is 30.3 Å². The van der Waals surface area contributed by atoms with Gasteiger partial charge in [-0.05, 0) is 24.1 Å². The van der Waals surface area contributed by atoms with Gasteiger partial charge in [-0.25, -0.2) is 4.39 Å². The summed E-state index contributed by atoms with van der Waals surface area (Å²) in [4.78, 5) is 16.0. The van der Waals surface area contributed by atoms with E-state index >= 15 is 0 Å². The lowest BCUT2D eigenvalue weighted by Crippen LogP contribution is -2.31. The lowest BCUT2D eigenvalue weighted by molar-refractivity contribution is -0.123. The van der Waals surface area contributed by atoms with Gasteiger partial charge < -0.3 is 10.4 Å². The number of nitrogens with zero attached hydrogens (tertiary/aromatic N) is 1. The molecule has 0 saturated heterocycles. The zero-order valence-electron chi connectivity index (χ0n) is 11.7. The Balaban J connectivity index is 2.05. The Labute approximate surface area is 122 Å². The van der Waals surface area contributed by atoms with E-state index in [1.807, 2.05) is 6.07 Å². The van der Waals surface area contributed by atoms with Crippen LogP contribution in [0.3, 0.4) is 0 Å². The first-order chi connectivity index (χ1) is 10.1. The molecular formula is C16H17FN2O2. The number of pyridine rings is 1. The van der Waals surface area contributed by atoms with Crippen LogP contribution in [0, 0.1) is 12.7 Å². The highest BCUT2D eigenvalue weighted by Crippen LogP contribution is 2.15. The van der Waals surface area contributed by atoms with Crippen LogP contribution >= 0.6 is 0 Å². The van der Waals surface area contributed by atoms with E-state index < -0.39 is 11.7 Å². The molecule has 21 heavy (non-hydrogen) atoms. The van der Waals surface area contributed by atoms with Crippen LogP contribution in [0.1, 0.15) is 22.7 Å². The van der Waals surface area contributed by atoms with Crippen molar-refractivity contribution in [2.75, 3.05) is 6.61 Å². The summed E-state index contributed by atoms with van der Waals surface area (Å²) in [6.07, 6.45) is 1.50. The number of nitrogens with one attached hydrogen (secondary N) is 1. The molecule has 0 spiro atoms. The molecule has 1 heterocycles. The summed E-state index contributed by atoms with van der Waals surface area (Å²) < 4.78 is 13.8. The number of amides is 1. The van der Waals surface area contributed by atoms with Crippen LogP contribution in [0.5, 0.6) is 0 Å². The molecule has 2 rings (SSSR count). The fraction of sp³-hybridized carbons (Fsp3) is 0.250. The van der Waals surface area contributed by atoms with Gasteiger partial charge in [0.2, 0.25) is 5.91 Å². The second-order valence-electron chi connectivity index (χ2n) is 4.75. The quantitative estimate of drug-likeness (QED) is 0.883. The first-order valence-corrected chi connectivity index (χ1v) is 6.67. The molecule has 0 radical (unpaired) electrons. The monoisotopic (exact) mass is 288 g/mol. The minimum absolute atomic E-state index is 0.00429. The number of hydrogen-bond acceptors (Lipinski definition) is 3. The average molecular weight is 288 g/mol. The van der Waals surface area contributed by atoms with Crippen molar-refractivity contribution in [2.24, 2.45) is 0 Å². The topological polar surface area (TPSA) is 62.2 Å². The largest absolute Gasteiger partial charge is 0.395 e. The Kier molecular flexibility index (Phi) is 5.00. The summed E-state index contributed by atoms with van der Waals surface area (Å²) >= 11 is 0. The van der Waals surface area contributed by atoms with Crippen LogP contribution in [-0.2, 0) is 11.3 Å².